The van der Waals surface area contributed by atoms with Crippen molar-refractivity contribution in [2.24, 2.45) is 9.98 Å². The first-order valence-corrected chi connectivity index (χ1v) is 8.63. The van der Waals surface area contributed by atoms with Crippen molar-refractivity contribution in [1.82, 2.24) is 0 Å². The van der Waals surface area contributed by atoms with E-state index in [1.54, 1.807) is 0 Å². The van der Waals surface area contributed by atoms with Gasteiger partial charge in [-0.15, -0.1) is 0 Å². The molecule has 8 nitrogen and oxygen atoms in total. The fourth-order valence-corrected chi connectivity index (χ4v) is 2.08. The molecule has 0 aliphatic rings. The van der Waals surface area contributed by atoms with Crippen LogP contribution in [0.4, 0.5) is 0 Å². The van der Waals surface area contributed by atoms with Gasteiger partial charge in [0.1, 0.15) is 10.9 Å². The SMILES string of the molecule is COP(=O)(O)C(C)=NCCCN=C(C)P(=O)(O)OC. The summed E-state index contributed by atoms with van der Waals surface area (Å²) < 4.78 is 31.5. The van der Waals surface area contributed by atoms with Crippen LogP contribution in [0.15, 0.2) is 9.98 Å². The molecule has 10 heteroatoms. The summed E-state index contributed by atoms with van der Waals surface area (Å²) in [5.41, 5.74) is 0.0563. The van der Waals surface area contributed by atoms with Gasteiger partial charge in [0.15, 0.2) is 0 Å². The Morgan fingerprint density at radius 3 is 1.53 bits per heavy atom. The third-order valence-corrected chi connectivity index (χ3v) is 5.22. The van der Waals surface area contributed by atoms with E-state index in [0.29, 0.717) is 6.42 Å². The van der Waals surface area contributed by atoms with E-state index >= 15 is 0 Å². The Balaban J connectivity index is 4.28. The van der Waals surface area contributed by atoms with Gasteiger partial charge in [0, 0.05) is 27.3 Å². The maximum atomic E-state index is 11.3. The lowest BCUT2D eigenvalue weighted by Crippen LogP contribution is -2.00. The fourth-order valence-electron chi connectivity index (χ4n) is 0.995. The van der Waals surface area contributed by atoms with Crippen LogP contribution in [0.1, 0.15) is 20.3 Å². The lowest BCUT2D eigenvalue weighted by molar-refractivity contribution is 0.329. The zero-order chi connectivity index (χ0) is 15.1. The Hall–Kier alpha value is -0.360. The molecular formula is C9H20N2O6P2. The Morgan fingerprint density at radius 1 is 0.947 bits per heavy atom. The summed E-state index contributed by atoms with van der Waals surface area (Å²) in [6.45, 7) is 3.37. The average molecular weight is 314 g/mol. The quantitative estimate of drug-likeness (QED) is 0.401. The van der Waals surface area contributed by atoms with E-state index in [1.807, 2.05) is 0 Å². The van der Waals surface area contributed by atoms with Crippen molar-refractivity contribution in [2.75, 3.05) is 27.3 Å². The minimum atomic E-state index is -3.75. The van der Waals surface area contributed by atoms with E-state index in [1.165, 1.54) is 13.8 Å². The molecule has 0 bridgehead atoms. The van der Waals surface area contributed by atoms with Crippen molar-refractivity contribution in [3.8, 4) is 0 Å². The van der Waals surface area contributed by atoms with Gasteiger partial charge >= 0.3 is 15.2 Å². The lowest BCUT2D eigenvalue weighted by Gasteiger charge is -2.08. The van der Waals surface area contributed by atoms with E-state index in [0.717, 1.165) is 14.2 Å². The van der Waals surface area contributed by atoms with Crippen LogP contribution in [0.2, 0.25) is 0 Å². The van der Waals surface area contributed by atoms with Crippen molar-refractivity contribution < 1.29 is 28.0 Å². The van der Waals surface area contributed by atoms with Crippen molar-refractivity contribution >= 4 is 26.1 Å². The standard InChI is InChI=1S/C9H20N2O6P2/c1-8(18(12,13)16-3)10-6-5-7-11-9(2)19(14,15)17-4/h5-7H2,1-4H3,(H,12,13)(H,14,15). The van der Waals surface area contributed by atoms with Crippen LogP contribution in [0, 0.1) is 0 Å². The Morgan fingerprint density at radius 2 is 1.26 bits per heavy atom. The second-order valence-electron chi connectivity index (χ2n) is 3.62. The van der Waals surface area contributed by atoms with E-state index in [4.69, 9.17) is 0 Å². The van der Waals surface area contributed by atoms with Crippen molar-refractivity contribution in [1.29, 1.82) is 0 Å². The smallest absolute Gasteiger partial charge is 0.320 e. The lowest BCUT2D eigenvalue weighted by atomic mass is 10.4. The van der Waals surface area contributed by atoms with Gasteiger partial charge in [-0.1, -0.05) is 0 Å². The van der Waals surface area contributed by atoms with E-state index in [9.17, 15) is 18.9 Å². The molecule has 0 amide bonds. The number of hydrogen-bond donors (Lipinski definition) is 2. The van der Waals surface area contributed by atoms with Crippen molar-refractivity contribution in [3.63, 3.8) is 0 Å². The summed E-state index contributed by atoms with van der Waals surface area (Å²) in [5.74, 6) is 0. The van der Waals surface area contributed by atoms with E-state index < -0.39 is 15.2 Å². The molecule has 19 heavy (non-hydrogen) atoms. The molecule has 2 atom stereocenters. The summed E-state index contributed by atoms with van der Waals surface area (Å²) in [6.07, 6.45) is 0.474. The molecule has 2 unspecified atom stereocenters. The van der Waals surface area contributed by atoms with Crippen LogP contribution >= 0.6 is 15.2 Å². The predicted molar refractivity (Wildman–Crippen MR) is 74.2 cm³/mol. The first-order chi connectivity index (χ1) is 8.67. The van der Waals surface area contributed by atoms with Crippen LogP contribution in [-0.4, -0.2) is 48.0 Å². The zero-order valence-electron chi connectivity index (χ0n) is 11.4. The van der Waals surface area contributed by atoms with Gasteiger partial charge in [-0.2, -0.15) is 0 Å². The molecule has 0 fully saturated rings. The molecule has 0 spiro atoms. The fraction of sp³-hybridized carbons (Fsp3) is 0.778. The first kappa shape index (κ1) is 18.6. The topological polar surface area (TPSA) is 118 Å². The van der Waals surface area contributed by atoms with Crippen LogP contribution < -0.4 is 0 Å². The van der Waals surface area contributed by atoms with Gasteiger partial charge in [0.2, 0.25) is 0 Å². The van der Waals surface area contributed by atoms with Gasteiger partial charge in [0.05, 0.1) is 0 Å². The molecule has 2 N–H and O–H groups in total. The molecular weight excluding hydrogens is 294 g/mol. The molecule has 0 aromatic heterocycles. The number of hydrogen-bond acceptors (Lipinski definition) is 6. The normalized spacial score (nSPS) is 19.9. The largest absolute Gasteiger partial charge is 0.371 e. The summed E-state index contributed by atoms with van der Waals surface area (Å²) >= 11 is 0. The van der Waals surface area contributed by atoms with Gasteiger partial charge in [0.25, 0.3) is 0 Å². The number of aliphatic imine (C=N–C) groups is 2. The molecule has 0 aromatic rings. The highest BCUT2D eigenvalue weighted by Gasteiger charge is 2.22. The minimum Gasteiger partial charge on any atom is -0.320 e. The first-order valence-electron chi connectivity index (χ1n) is 5.47. The van der Waals surface area contributed by atoms with Crippen LogP contribution in [0.5, 0.6) is 0 Å². The molecule has 0 aliphatic heterocycles. The summed E-state index contributed by atoms with van der Waals surface area (Å²) in [6, 6.07) is 0. The summed E-state index contributed by atoms with van der Waals surface area (Å²) in [7, 11) is -5.24. The highest BCUT2D eigenvalue weighted by molar-refractivity contribution is 7.71. The molecule has 112 valence electrons. The van der Waals surface area contributed by atoms with E-state index in [2.05, 4.69) is 19.0 Å². The maximum Gasteiger partial charge on any atom is 0.371 e. The monoisotopic (exact) mass is 314 g/mol. The number of rotatable bonds is 8. The Bertz CT molecular complexity index is 408. The molecule has 0 radical (unpaired) electrons. The van der Waals surface area contributed by atoms with Crippen molar-refractivity contribution in [3.05, 3.63) is 0 Å². The minimum absolute atomic E-state index is 0.0282. The van der Waals surface area contributed by atoms with Gasteiger partial charge in [-0.3, -0.25) is 19.1 Å². The molecule has 0 saturated heterocycles. The number of nitrogens with zero attached hydrogens (tertiary/aromatic N) is 2. The Kier molecular flexibility index (Phi) is 7.89. The molecule has 0 heterocycles. The van der Waals surface area contributed by atoms with Gasteiger partial charge < -0.3 is 18.8 Å². The van der Waals surface area contributed by atoms with Gasteiger partial charge in [-0.05, 0) is 20.3 Å². The molecule has 0 aliphatic carbocycles. The van der Waals surface area contributed by atoms with Crippen LogP contribution in [-0.2, 0) is 18.2 Å². The summed E-state index contributed by atoms with van der Waals surface area (Å²) in [5, 5.41) is 0. The zero-order valence-corrected chi connectivity index (χ0v) is 13.2. The molecule has 0 aromatic carbocycles. The highest BCUT2D eigenvalue weighted by atomic mass is 31.2. The van der Waals surface area contributed by atoms with Crippen molar-refractivity contribution in [2.45, 2.75) is 20.3 Å². The predicted octanol–water partition coefficient (Wildman–Crippen LogP) is 1.88. The molecule has 0 saturated carbocycles. The second-order valence-corrected chi connectivity index (χ2v) is 7.72. The van der Waals surface area contributed by atoms with E-state index in [-0.39, 0.29) is 24.0 Å². The van der Waals surface area contributed by atoms with Gasteiger partial charge in [-0.25, -0.2) is 0 Å². The highest BCUT2D eigenvalue weighted by Crippen LogP contribution is 2.43. The van der Waals surface area contributed by atoms with Crippen LogP contribution in [0.25, 0.3) is 0 Å². The average Bonchev–Trinajstić information content (AvgIpc) is 2.37. The third kappa shape index (κ3) is 6.56. The summed E-state index contributed by atoms with van der Waals surface area (Å²) in [4.78, 5) is 26.3. The third-order valence-electron chi connectivity index (χ3n) is 2.31. The maximum absolute atomic E-state index is 11.3. The van der Waals surface area contributed by atoms with Crippen LogP contribution in [0.3, 0.4) is 0 Å². The Labute approximate surface area is 112 Å². The molecule has 0 rings (SSSR count). The second kappa shape index (κ2) is 8.04.